The number of rotatable bonds is 8. The molecule has 176 valence electrons. The maximum absolute atomic E-state index is 9.60. The molecule has 1 unspecified atom stereocenters. The van der Waals surface area contributed by atoms with Gasteiger partial charge in [0.25, 0.3) is 0 Å². The monoisotopic (exact) mass is 465 g/mol. The molecule has 1 aromatic heterocycles. The van der Waals surface area contributed by atoms with Crippen LogP contribution >= 0.6 is 0 Å². The van der Waals surface area contributed by atoms with E-state index in [0.717, 1.165) is 38.9 Å². The molecule has 0 fully saturated rings. The van der Waals surface area contributed by atoms with Gasteiger partial charge in [0.05, 0.1) is 17.8 Å². The van der Waals surface area contributed by atoms with E-state index in [1.807, 2.05) is 104 Å². The smallest absolute Gasteiger partial charge is 0.197 e. The summed E-state index contributed by atoms with van der Waals surface area (Å²) in [5.41, 5.74) is 8.49. The van der Waals surface area contributed by atoms with Gasteiger partial charge >= 0.3 is 0 Å². The molecule has 3 aromatic carbocycles. The molecule has 6 heteroatoms. The van der Waals surface area contributed by atoms with E-state index in [1.165, 1.54) is 0 Å². The maximum atomic E-state index is 9.60. The van der Waals surface area contributed by atoms with Crippen molar-refractivity contribution in [2.24, 2.45) is 0 Å². The van der Waals surface area contributed by atoms with Crippen molar-refractivity contribution in [1.29, 1.82) is 0 Å². The number of fused-ring (bicyclic) bond motifs is 1. The number of allylic oxidation sites excluding steroid dienone is 2. The first-order valence-electron chi connectivity index (χ1n) is 11.5. The van der Waals surface area contributed by atoms with Gasteiger partial charge in [0.15, 0.2) is 5.88 Å². The van der Waals surface area contributed by atoms with Gasteiger partial charge in [-0.2, -0.15) is 0 Å². The zero-order valence-corrected chi connectivity index (χ0v) is 19.4. The number of hydrogen-bond donors (Lipinski definition) is 3. The number of benzene rings is 3. The van der Waals surface area contributed by atoms with Crippen molar-refractivity contribution in [2.75, 3.05) is 5.48 Å². The van der Waals surface area contributed by atoms with Crippen LogP contribution in [0.4, 0.5) is 5.69 Å². The quantitative estimate of drug-likeness (QED) is 0.280. The number of pyridine rings is 1. The zero-order chi connectivity index (χ0) is 24.0. The molecular weight excluding hydrogens is 438 g/mol. The van der Waals surface area contributed by atoms with Crippen molar-refractivity contribution >= 4 is 22.2 Å². The Morgan fingerprint density at radius 3 is 2.34 bits per heavy atom. The van der Waals surface area contributed by atoms with Crippen LogP contribution in [0, 0.1) is 6.92 Å². The van der Waals surface area contributed by atoms with Crippen LogP contribution in [0.25, 0.3) is 16.5 Å². The molecule has 1 atom stereocenters. The molecule has 0 amide bonds. The van der Waals surface area contributed by atoms with E-state index in [1.54, 1.807) is 0 Å². The summed E-state index contributed by atoms with van der Waals surface area (Å²) >= 11 is 0. The predicted octanol–water partition coefficient (Wildman–Crippen LogP) is 5.93. The van der Waals surface area contributed by atoms with Crippen molar-refractivity contribution in [3.63, 3.8) is 0 Å². The fourth-order valence-corrected chi connectivity index (χ4v) is 4.10. The van der Waals surface area contributed by atoms with Crippen molar-refractivity contribution in [1.82, 2.24) is 10.3 Å². The van der Waals surface area contributed by atoms with Gasteiger partial charge in [-0.3, -0.25) is 15.7 Å². The molecule has 0 aliphatic carbocycles. The molecule has 0 radical (unpaired) electrons. The highest BCUT2D eigenvalue weighted by Gasteiger charge is 2.21. The van der Waals surface area contributed by atoms with E-state index in [2.05, 4.69) is 10.8 Å². The van der Waals surface area contributed by atoms with Crippen LogP contribution in [0.1, 0.15) is 22.4 Å². The highest BCUT2D eigenvalue weighted by molar-refractivity contribution is 5.94. The number of nitrogens with zero attached hydrogens (tertiary/aromatic N) is 1. The topological polar surface area (TPSA) is 75.6 Å². The first-order chi connectivity index (χ1) is 17.2. The Hall–Kier alpha value is -4.13. The van der Waals surface area contributed by atoms with Gasteiger partial charge in [0.1, 0.15) is 12.8 Å². The van der Waals surface area contributed by atoms with Crippen LogP contribution in [-0.4, -0.2) is 16.4 Å². The van der Waals surface area contributed by atoms with Gasteiger partial charge in [0, 0.05) is 22.2 Å². The van der Waals surface area contributed by atoms with Crippen LogP contribution in [0.3, 0.4) is 0 Å². The Labute approximate surface area is 204 Å². The van der Waals surface area contributed by atoms with Crippen LogP contribution in [-0.2, 0) is 22.7 Å². The lowest BCUT2D eigenvalue weighted by molar-refractivity contribution is 0.0360. The predicted molar refractivity (Wildman–Crippen MR) is 137 cm³/mol. The van der Waals surface area contributed by atoms with Gasteiger partial charge in [0.2, 0.25) is 0 Å². The number of aryl methyl sites for hydroxylation is 1. The maximum Gasteiger partial charge on any atom is 0.197 e. The minimum atomic E-state index is -0.340. The third-order valence-corrected chi connectivity index (χ3v) is 5.91. The number of hydrogen-bond acceptors (Lipinski definition) is 6. The molecule has 0 saturated heterocycles. The Balaban J connectivity index is 1.47. The Morgan fingerprint density at radius 1 is 0.914 bits per heavy atom. The molecule has 0 saturated carbocycles. The second kappa shape index (κ2) is 10.4. The molecule has 6 nitrogen and oxygen atoms in total. The second-order valence-electron chi connectivity index (χ2n) is 8.34. The number of nitrogens with one attached hydrogen (secondary N) is 2. The molecule has 4 aromatic rings. The molecule has 5 rings (SSSR count). The lowest BCUT2D eigenvalue weighted by Crippen LogP contribution is -2.33. The lowest BCUT2D eigenvalue weighted by atomic mass is 9.99. The average Bonchev–Trinajstić information content (AvgIpc) is 2.91. The van der Waals surface area contributed by atoms with Crippen LogP contribution in [0.5, 0.6) is 0 Å². The minimum Gasteiger partial charge on any atom is -0.474 e. The summed E-state index contributed by atoms with van der Waals surface area (Å²) in [5, 5.41) is 13.8. The molecule has 0 spiro atoms. The zero-order valence-electron chi connectivity index (χ0n) is 19.4. The number of aromatic nitrogens is 1. The highest BCUT2D eigenvalue weighted by Crippen LogP contribution is 2.31. The molecule has 0 bridgehead atoms. The molecule has 3 N–H and O–H groups in total. The fraction of sp³-hybridized carbons (Fsp3) is 0.138. The van der Waals surface area contributed by atoms with Crippen molar-refractivity contribution in [3.8, 4) is 0 Å². The Morgan fingerprint density at radius 2 is 1.63 bits per heavy atom. The highest BCUT2D eigenvalue weighted by atomic mass is 16.5. The summed E-state index contributed by atoms with van der Waals surface area (Å²) in [7, 11) is 0. The first kappa shape index (κ1) is 22.7. The van der Waals surface area contributed by atoms with Gasteiger partial charge < -0.3 is 14.8 Å². The number of ether oxygens (including phenoxy) is 2. The summed E-state index contributed by atoms with van der Waals surface area (Å²) in [4.78, 5) is 4.77. The lowest BCUT2D eigenvalue weighted by Gasteiger charge is -2.26. The van der Waals surface area contributed by atoms with Crippen LogP contribution in [0.15, 0.2) is 103 Å². The van der Waals surface area contributed by atoms with Gasteiger partial charge in [-0.15, -0.1) is 0 Å². The van der Waals surface area contributed by atoms with Crippen molar-refractivity contribution in [3.05, 3.63) is 125 Å². The third-order valence-electron chi connectivity index (χ3n) is 5.91. The van der Waals surface area contributed by atoms with E-state index in [4.69, 9.17) is 14.5 Å². The molecule has 1 aliphatic rings. The van der Waals surface area contributed by atoms with Crippen LogP contribution in [0.2, 0.25) is 0 Å². The van der Waals surface area contributed by atoms with Gasteiger partial charge in [-0.1, -0.05) is 66.7 Å². The van der Waals surface area contributed by atoms with E-state index in [0.29, 0.717) is 24.8 Å². The second-order valence-corrected chi connectivity index (χ2v) is 8.34. The number of dihydropyridines is 1. The van der Waals surface area contributed by atoms with E-state index < -0.39 is 0 Å². The summed E-state index contributed by atoms with van der Waals surface area (Å²) in [6.07, 6.45) is 3.65. The summed E-state index contributed by atoms with van der Waals surface area (Å²) in [6.45, 7) is 2.86. The van der Waals surface area contributed by atoms with Gasteiger partial charge in [-0.05, 0) is 48.4 Å². The SMILES string of the molecule is Cc1nc2cccc(NO)c2cc1C1=C(OCc2ccccc2)NC(OCc2ccccc2)C=C1. The minimum absolute atomic E-state index is 0.340. The van der Waals surface area contributed by atoms with Gasteiger partial charge in [-0.25, -0.2) is 0 Å². The first-order valence-corrected chi connectivity index (χ1v) is 11.5. The molecule has 1 aliphatic heterocycles. The molecule has 35 heavy (non-hydrogen) atoms. The Kier molecular flexibility index (Phi) is 6.75. The standard InChI is InChI=1S/C29H27N3O3/c1-20-24(17-25-26(30-20)13-8-14-27(25)32-33)23-15-16-28(34-18-21-9-4-2-5-10-21)31-29(23)35-19-22-11-6-3-7-12-22/h2-17,28,31-33H,18-19H2,1H3. The summed E-state index contributed by atoms with van der Waals surface area (Å²) in [5.74, 6) is 0.619. The largest absolute Gasteiger partial charge is 0.474 e. The normalized spacial score (nSPS) is 15.2. The Bertz CT molecular complexity index is 1370. The van der Waals surface area contributed by atoms with E-state index >= 15 is 0 Å². The third kappa shape index (κ3) is 5.19. The summed E-state index contributed by atoms with van der Waals surface area (Å²) < 4.78 is 12.4. The van der Waals surface area contributed by atoms with E-state index in [9.17, 15) is 5.21 Å². The fourth-order valence-electron chi connectivity index (χ4n) is 4.10. The van der Waals surface area contributed by atoms with Crippen molar-refractivity contribution in [2.45, 2.75) is 26.4 Å². The van der Waals surface area contributed by atoms with Crippen molar-refractivity contribution < 1.29 is 14.7 Å². The van der Waals surface area contributed by atoms with Crippen LogP contribution < -0.4 is 10.8 Å². The number of anilines is 1. The summed E-state index contributed by atoms with van der Waals surface area (Å²) in [6, 6.07) is 27.7. The average molecular weight is 466 g/mol. The molecular formula is C29H27N3O3. The van der Waals surface area contributed by atoms with E-state index in [-0.39, 0.29) is 6.23 Å². The molecule has 2 heterocycles.